The van der Waals surface area contributed by atoms with Crippen LogP contribution in [0, 0.1) is 6.92 Å². The van der Waals surface area contributed by atoms with Gasteiger partial charge in [-0.2, -0.15) is 14.6 Å². The molecule has 0 amide bonds. The maximum absolute atomic E-state index is 13.2. The predicted molar refractivity (Wildman–Crippen MR) is 107 cm³/mol. The van der Waals surface area contributed by atoms with Crippen molar-refractivity contribution >= 4 is 22.5 Å². The summed E-state index contributed by atoms with van der Waals surface area (Å²) in [5, 5.41) is 12.0. The van der Waals surface area contributed by atoms with Crippen LogP contribution in [0.15, 0.2) is 23.3 Å². The summed E-state index contributed by atoms with van der Waals surface area (Å²) in [7, 11) is 0. The first-order chi connectivity index (χ1) is 14.0. The lowest BCUT2D eigenvalue weighted by Gasteiger charge is -2.17. The van der Waals surface area contributed by atoms with Crippen molar-refractivity contribution in [3.63, 3.8) is 0 Å². The molecule has 0 unspecified atom stereocenters. The largest absolute Gasteiger partial charge is 0.294 e. The molecule has 9 nitrogen and oxygen atoms in total. The van der Waals surface area contributed by atoms with Crippen LogP contribution in [-0.2, 0) is 0 Å². The highest BCUT2D eigenvalue weighted by molar-refractivity contribution is 5.98. The van der Waals surface area contributed by atoms with Gasteiger partial charge in [0.2, 0.25) is 0 Å². The van der Waals surface area contributed by atoms with Crippen LogP contribution in [-0.4, -0.2) is 40.1 Å². The Morgan fingerprint density at radius 2 is 2.03 bits per heavy atom. The van der Waals surface area contributed by atoms with E-state index in [1.54, 1.807) is 23.7 Å². The fourth-order valence-electron chi connectivity index (χ4n) is 4.25. The molecule has 0 aromatic carbocycles. The number of H-pyrrole nitrogens is 1. The second-order valence-electron chi connectivity index (χ2n) is 7.67. The Morgan fingerprint density at radius 3 is 2.79 bits per heavy atom. The maximum atomic E-state index is 13.2. The zero-order valence-electron chi connectivity index (χ0n) is 16.3. The molecule has 4 aromatic rings. The monoisotopic (exact) mass is 391 g/mol. The summed E-state index contributed by atoms with van der Waals surface area (Å²) >= 11 is 0. The molecule has 4 heterocycles. The zero-order chi connectivity index (χ0) is 20.1. The number of aromatic amines is 1. The summed E-state index contributed by atoms with van der Waals surface area (Å²) in [5.74, 6) is 1.79. The van der Waals surface area contributed by atoms with Gasteiger partial charge >= 0.3 is 0 Å². The van der Waals surface area contributed by atoms with Crippen LogP contribution in [0.25, 0.3) is 22.5 Å². The predicted octanol–water partition coefficient (Wildman–Crippen LogP) is 2.71. The van der Waals surface area contributed by atoms with Crippen LogP contribution in [0.1, 0.15) is 66.8 Å². The van der Waals surface area contributed by atoms with Crippen molar-refractivity contribution in [2.75, 3.05) is 0 Å². The lowest BCUT2D eigenvalue weighted by Crippen LogP contribution is -2.21. The van der Waals surface area contributed by atoms with Crippen LogP contribution in [0.2, 0.25) is 0 Å². The summed E-state index contributed by atoms with van der Waals surface area (Å²) in [6.07, 6.45) is 8.98. The third-order valence-electron chi connectivity index (χ3n) is 5.73. The molecular formula is C20H21N7O2. The number of ketones is 1. The van der Waals surface area contributed by atoms with E-state index in [2.05, 4.69) is 25.3 Å². The lowest BCUT2D eigenvalue weighted by molar-refractivity contribution is 0.101. The van der Waals surface area contributed by atoms with Gasteiger partial charge in [0.1, 0.15) is 0 Å². The van der Waals surface area contributed by atoms with Crippen molar-refractivity contribution < 1.29 is 4.79 Å². The van der Waals surface area contributed by atoms with E-state index in [4.69, 9.17) is 0 Å². The molecule has 0 bridgehead atoms. The summed E-state index contributed by atoms with van der Waals surface area (Å²) in [4.78, 5) is 34.1. The minimum Gasteiger partial charge on any atom is -0.294 e. The molecular weight excluding hydrogens is 370 g/mol. The molecule has 4 aromatic heterocycles. The smallest absolute Gasteiger partial charge is 0.267 e. The van der Waals surface area contributed by atoms with Crippen molar-refractivity contribution in [2.24, 2.45) is 0 Å². The number of nitrogens with one attached hydrogen (secondary N) is 1. The van der Waals surface area contributed by atoms with Crippen LogP contribution >= 0.6 is 0 Å². The minimum absolute atomic E-state index is 0.153. The van der Waals surface area contributed by atoms with Crippen molar-refractivity contribution in [1.29, 1.82) is 0 Å². The number of fused-ring (bicyclic) bond motifs is 3. The molecule has 0 aliphatic heterocycles. The van der Waals surface area contributed by atoms with E-state index < -0.39 is 0 Å². The summed E-state index contributed by atoms with van der Waals surface area (Å²) in [6.45, 7) is 3.22. The fraction of sp³-hybridized carbons (Fsp3) is 0.400. The van der Waals surface area contributed by atoms with Crippen molar-refractivity contribution in [3.05, 3.63) is 45.9 Å². The van der Waals surface area contributed by atoms with Gasteiger partial charge in [0, 0.05) is 24.0 Å². The third-order valence-corrected chi connectivity index (χ3v) is 5.73. The van der Waals surface area contributed by atoms with E-state index in [1.807, 2.05) is 0 Å². The number of carbonyl (C=O) groups excluding carboxylic acids is 1. The van der Waals surface area contributed by atoms with Gasteiger partial charge in [0.05, 0.1) is 16.5 Å². The first kappa shape index (κ1) is 17.7. The number of aryl methyl sites for hydroxylation is 1. The van der Waals surface area contributed by atoms with Gasteiger partial charge in [-0.05, 0) is 32.8 Å². The number of rotatable bonds is 3. The van der Waals surface area contributed by atoms with Crippen LogP contribution in [0.3, 0.4) is 0 Å². The summed E-state index contributed by atoms with van der Waals surface area (Å²) < 4.78 is 3.02. The van der Waals surface area contributed by atoms with Gasteiger partial charge in [0.25, 0.3) is 11.3 Å². The van der Waals surface area contributed by atoms with Crippen LogP contribution < -0.4 is 5.56 Å². The molecule has 1 N–H and O–H groups in total. The number of hydrogen-bond donors (Lipinski definition) is 1. The van der Waals surface area contributed by atoms with Gasteiger partial charge in [-0.25, -0.2) is 4.98 Å². The Morgan fingerprint density at radius 1 is 1.24 bits per heavy atom. The lowest BCUT2D eigenvalue weighted by atomic mass is 9.89. The molecule has 9 heteroatoms. The second kappa shape index (κ2) is 6.61. The van der Waals surface area contributed by atoms with E-state index in [-0.39, 0.29) is 11.3 Å². The molecule has 5 rings (SSSR count). The molecule has 0 saturated heterocycles. The summed E-state index contributed by atoms with van der Waals surface area (Å²) in [5.41, 5.74) is 1.37. The highest BCUT2D eigenvalue weighted by Crippen LogP contribution is 2.31. The van der Waals surface area contributed by atoms with Gasteiger partial charge in [-0.1, -0.05) is 19.3 Å². The molecule has 0 radical (unpaired) electrons. The number of aromatic nitrogens is 7. The highest BCUT2D eigenvalue weighted by atomic mass is 16.1. The fourth-order valence-corrected chi connectivity index (χ4v) is 4.25. The Kier molecular flexibility index (Phi) is 4.04. The molecule has 1 aliphatic rings. The van der Waals surface area contributed by atoms with Crippen molar-refractivity contribution in [1.82, 2.24) is 34.3 Å². The van der Waals surface area contributed by atoms with Gasteiger partial charge in [-0.15, -0.1) is 5.10 Å². The summed E-state index contributed by atoms with van der Waals surface area (Å²) in [6, 6.07) is 1.79. The maximum Gasteiger partial charge on any atom is 0.267 e. The van der Waals surface area contributed by atoms with E-state index >= 15 is 0 Å². The molecule has 1 fully saturated rings. The van der Waals surface area contributed by atoms with E-state index in [0.29, 0.717) is 39.7 Å². The second-order valence-corrected chi connectivity index (χ2v) is 7.67. The average Bonchev–Trinajstić information content (AvgIpc) is 3.33. The molecule has 1 aliphatic carbocycles. The number of carbonyl (C=O) groups is 1. The van der Waals surface area contributed by atoms with E-state index in [1.165, 1.54) is 37.0 Å². The third kappa shape index (κ3) is 2.76. The Balaban J connectivity index is 1.68. The Bertz CT molecular complexity index is 1310. The molecule has 148 valence electrons. The van der Waals surface area contributed by atoms with Gasteiger partial charge < -0.3 is 0 Å². The van der Waals surface area contributed by atoms with Crippen molar-refractivity contribution in [3.8, 4) is 5.82 Å². The quantitative estimate of drug-likeness (QED) is 0.538. The first-order valence-electron chi connectivity index (χ1n) is 9.88. The SMILES string of the molecule is CC(=O)c1c(-n2ccc3c(cnc4nc(C5CCCCC5)nn43)c2=O)n[nH]c1C. The van der Waals surface area contributed by atoms with E-state index in [9.17, 15) is 9.59 Å². The number of nitrogens with zero attached hydrogens (tertiary/aromatic N) is 6. The topological polar surface area (TPSA) is 111 Å². The molecule has 0 spiro atoms. The standard InChI is InChI=1S/C20H21N7O2/c1-11-16(12(2)28)18(24-23-11)26-9-8-15-14(19(26)29)10-21-20-22-17(25-27(15)20)13-6-4-3-5-7-13/h8-10,13H,3-7H2,1-2H3,(H,23,24). The van der Waals surface area contributed by atoms with E-state index in [0.717, 1.165) is 18.7 Å². The number of Topliss-reactive ketones (excluding diaryl/α,β-unsaturated/α-hetero) is 1. The van der Waals surface area contributed by atoms with Crippen LogP contribution in [0.5, 0.6) is 0 Å². The Hall–Kier alpha value is -3.36. The number of hydrogen-bond acceptors (Lipinski definition) is 6. The molecule has 1 saturated carbocycles. The normalized spacial score (nSPS) is 15.4. The minimum atomic E-state index is -0.305. The van der Waals surface area contributed by atoms with Gasteiger partial charge in [0.15, 0.2) is 17.4 Å². The first-order valence-corrected chi connectivity index (χ1v) is 9.88. The molecule has 0 atom stereocenters. The van der Waals surface area contributed by atoms with Crippen molar-refractivity contribution in [2.45, 2.75) is 51.9 Å². The molecule has 29 heavy (non-hydrogen) atoms. The zero-order valence-corrected chi connectivity index (χ0v) is 16.3. The van der Waals surface area contributed by atoms with Crippen LogP contribution in [0.4, 0.5) is 0 Å². The Labute approximate surface area is 165 Å². The highest BCUT2D eigenvalue weighted by Gasteiger charge is 2.22. The number of pyridine rings is 1. The average molecular weight is 391 g/mol. The van der Waals surface area contributed by atoms with Gasteiger partial charge in [-0.3, -0.25) is 19.3 Å².